The van der Waals surface area contributed by atoms with E-state index in [0.717, 1.165) is 24.3 Å². The van der Waals surface area contributed by atoms with Gasteiger partial charge in [-0.25, -0.2) is 4.39 Å². The quantitative estimate of drug-likeness (QED) is 0.595. The van der Waals surface area contributed by atoms with Crippen molar-refractivity contribution in [3.63, 3.8) is 0 Å². The summed E-state index contributed by atoms with van der Waals surface area (Å²) < 4.78 is 92.5. The van der Waals surface area contributed by atoms with Crippen LogP contribution in [0.25, 0.3) is 0 Å². The number of anilines is 2. The van der Waals surface area contributed by atoms with E-state index in [0.29, 0.717) is 11.0 Å². The molecule has 1 N–H and O–H groups in total. The van der Waals surface area contributed by atoms with Crippen LogP contribution in [0.15, 0.2) is 42.5 Å². The third kappa shape index (κ3) is 6.34. The minimum absolute atomic E-state index is 0.104. The van der Waals surface area contributed by atoms with Gasteiger partial charge in [0.25, 0.3) is 0 Å². The first-order valence-electron chi connectivity index (χ1n) is 8.87. The summed E-state index contributed by atoms with van der Waals surface area (Å²) >= 11 is 0. The summed E-state index contributed by atoms with van der Waals surface area (Å²) in [6, 6.07) is 6.38. The minimum Gasteiger partial charge on any atom is -0.350 e. The van der Waals surface area contributed by atoms with Crippen molar-refractivity contribution >= 4 is 17.3 Å². The molecule has 0 bridgehead atoms. The van der Waals surface area contributed by atoms with E-state index in [1.165, 1.54) is 25.1 Å². The van der Waals surface area contributed by atoms with Crippen molar-refractivity contribution in [1.29, 1.82) is 5.26 Å². The van der Waals surface area contributed by atoms with E-state index in [1.54, 1.807) is 0 Å². The Bertz CT molecular complexity index is 963. The predicted octanol–water partition coefficient (Wildman–Crippen LogP) is 5.50. The van der Waals surface area contributed by atoms with E-state index >= 15 is 0 Å². The average molecular weight is 447 g/mol. The molecular weight excluding hydrogens is 431 g/mol. The van der Waals surface area contributed by atoms with Crippen molar-refractivity contribution in [2.45, 2.75) is 31.7 Å². The van der Waals surface area contributed by atoms with Gasteiger partial charge in [0.05, 0.1) is 17.2 Å². The molecule has 0 aliphatic rings. The molecule has 2 aromatic carbocycles. The Balaban J connectivity index is 2.48. The smallest absolute Gasteiger partial charge is 0.350 e. The van der Waals surface area contributed by atoms with E-state index in [4.69, 9.17) is 5.26 Å². The lowest BCUT2D eigenvalue weighted by Crippen LogP contribution is -2.48. The summed E-state index contributed by atoms with van der Waals surface area (Å²) in [5.41, 5.74) is -2.59. The molecule has 1 unspecified atom stereocenters. The van der Waals surface area contributed by atoms with Crippen molar-refractivity contribution in [3.05, 3.63) is 59.4 Å². The monoisotopic (exact) mass is 447 g/mol. The molecule has 2 rings (SSSR count). The number of rotatable bonds is 6. The molecule has 1 atom stereocenters. The van der Waals surface area contributed by atoms with Gasteiger partial charge < -0.3 is 10.2 Å². The summed E-state index contributed by atoms with van der Waals surface area (Å²) in [6.45, 7) is -0.307. The van der Waals surface area contributed by atoms with Gasteiger partial charge in [0.1, 0.15) is 18.4 Å². The van der Waals surface area contributed by atoms with Gasteiger partial charge in [-0.3, -0.25) is 4.79 Å². The standard InChI is InChI=1S/C20H16F7N3O/c1-2-17(18(31)29-14-6-4-13(21)5-7-14)30(11-19(22,23)24)15-8-3-12(10-28)16(9-15)20(25,26)27/h3-9,17H,2,11H2,1H3,(H,29,31). The highest BCUT2D eigenvalue weighted by Gasteiger charge is 2.39. The number of nitriles is 1. The summed E-state index contributed by atoms with van der Waals surface area (Å²) in [5.74, 6) is -1.52. The van der Waals surface area contributed by atoms with Crippen LogP contribution in [0.4, 0.5) is 42.1 Å². The SMILES string of the molecule is CCC(C(=O)Nc1ccc(F)cc1)N(CC(F)(F)F)c1ccc(C#N)c(C(F)(F)F)c1. The van der Waals surface area contributed by atoms with E-state index in [2.05, 4.69) is 5.32 Å². The van der Waals surface area contributed by atoms with Gasteiger partial charge in [0.15, 0.2) is 0 Å². The van der Waals surface area contributed by atoms with E-state index < -0.39 is 53.5 Å². The first-order valence-corrected chi connectivity index (χ1v) is 8.87. The molecule has 31 heavy (non-hydrogen) atoms. The summed E-state index contributed by atoms with van der Waals surface area (Å²) in [4.78, 5) is 13.1. The highest BCUT2D eigenvalue weighted by Crippen LogP contribution is 2.36. The Morgan fingerprint density at radius 1 is 1.10 bits per heavy atom. The van der Waals surface area contributed by atoms with Crippen LogP contribution >= 0.6 is 0 Å². The maximum atomic E-state index is 13.3. The molecule has 0 radical (unpaired) electrons. The lowest BCUT2D eigenvalue weighted by atomic mass is 10.0. The maximum Gasteiger partial charge on any atom is 0.417 e. The normalized spacial score (nSPS) is 12.7. The maximum absolute atomic E-state index is 13.3. The molecular formula is C20H16F7N3O. The minimum atomic E-state index is -4.98. The summed E-state index contributed by atoms with van der Waals surface area (Å²) in [6.07, 6.45) is -10.00. The van der Waals surface area contributed by atoms with Gasteiger partial charge in [0.2, 0.25) is 5.91 Å². The average Bonchev–Trinajstić information content (AvgIpc) is 2.67. The van der Waals surface area contributed by atoms with Gasteiger partial charge in [-0.2, -0.15) is 31.6 Å². The lowest BCUT2D eigenvalue weighted by Gasteiger charge is -2.33. The number of nitrogens with zero attached hydrogens (tertiary/aromatic N) is 2. The van der Waals surface area contributed by atoms with Gasteiger partial charge in [0, 0.05) is 11.4 Å². The summed E-state index contributed by atoms with van der Waals surface area (Å²) in [5, 5.41) is 11.2. The number of halogens is 7. The van der Waals surface area contributed by atoms with Crippen molar-refractivity contribution < 1.29 is 35.5 Å². The van der Waals surface area contributed by atoms with Crippen molar-refractivity contribution in [3.8, 4) is 6.07 Å². The zero-order valence-corrected chi connectivity index (χ0v) is 16.0. The number of hydrogen-bond donors (Lipinski definition) is 1. The van der Waals surface area contributed by atoms with E-state index in [1.807, 2.05) is 0 Å². The first kappa shape index (κ1) is 24.0. The van der Waals surface area contributed by atoms with Crippen molar-refractivity contribution in [2.24, 2.45) is 0 Å². The number of nitrogens with one attached hydrogen (secondary N) is 1. The number of carbonyl (C=O) groups is 1. The molecule has 0 aliphatic heterocycles. The number of carbonyl (C=O) groups excluding carboxylic acids is 1. The Hall–Kier alpha value is -3.29. The Morgan fingerprint density at radius 3 is 2.19 bits per heavy atom. The zero-order chi connectivity index (χ0) is 23.4. The molecule has 4 nitrogen and oxygen atoms in total. The molecule has 0 heterocycles. The molecule has 2 aromatic rings. The van der Waals surface area contributed by atoms with Crippen LogP contribution in [-0.2, 0) is 11.0 Å². The summed E-state index contributed by atoms with van der Waals surface area (Å²) in [7, 11) is 0. The van der Waals surface area contributed by atoms with Crippen LogP contribution in [0, 0.1) is 17.1 Å². The number of amides is 1. The molecule has 0 saturated carbocycles. The molecule has 0 aliphatic carbocycles. The highest BCUT2D eigenvalue weighted by atomic mass is 19.4. The molecule has 0 aromatic heterocycles. The predicted molar refractivity (Wildman–Crippen MR) is 98.7 cm³/mol. The first-order chi connectivity index (χ1) is 14.4. The van der Waals surface area contributed by atoms with Crippen LogP contribution < -0.4 is 10.2 Å². The van der Waals surface area contributed by atoms with Gasteiger partial charge in [-0.1, -0.05) is 6.92 Å². The fourth-order valence-electron chi connectivity index (χ4n) is 2.92. The zero-order valence-electron chi connectivity index (χ0n) is 16.0. The molecule has 0 saturated heterocycles. The van der Waals surface area contributed by atoms with Gasteiger partial charge in [-0.05, 0) is 48.9 Å². The molecule has 1 amide bonds. The van der Waals surface area contributed by atoms with E-state index in [9.17, 15) is 35.5 Å². The van der Waals surface area contributed by atoms with Gasteiger partial charge >= 0.3 is 12.4 Å². The van der Waals surface area contributed by atoms with Crippen LogP contribution in [-0.4, -0.2) is 24.7 Å². The van der Waals surface area contributed by atoms with Crippen LogP contribution in [0.3, 0.4) is 0 Å². The number of alkyl halides is 6. The van der Waals surface area contributed by atoms with Crippen molar-refractivity contribution in [2.75, 3.05) is 16.8 Å². The lowest BCUT2D eigenvalue weighted by molar-refractivity contribution is -0.137. The Morgan fingerprint density at radius 2 is 1.71 bits per heavy atom. The molecule has 0 spiro atoms. The molecule has 0 fully saturated rings. The second-order valence-corrected chi connectivity index (χ2v) is 6.50. The Kier molecular flexibility index (Phi) is 7.15. The van der Waals surface area contributed by atoms with Gasteiger partial charge in [-0.15, -0.1) is 0 Å². The third-order valence-electron chi connectivity index (χ3n) is 4.29. The second-order valence-electron chi connectivity index (χ2n) is 6.50. The highest BCUT2D eigenvalue weighted by molar-refractivity contribution is 5.97. The van der Waals surface area contributed by atoms with E-state index in [-0.39, 0.29) is 12.1 Å². The largest absolute Gasteiger partial charge is 0.417 e. The van der Waals surface area contributed by atoms with Crippen LogP contribution in [0.2, 0.25) is 0 Å². The third-order valence-corrected chi connectivity index (χ3v) is 4.29. The topological polar surface area (TPSA) is 56.1 Å². The number of benzene rings is 2. The number of hydrogen-bond acceptors (Lipinski definition) is 3. The van der Waals surface area contributed by atoms with Crippen LogP contribution in [0.5, 0.6) is 0 Å². The molecule has 11 heteroatoms. The second kappa shape index (κ2) is 9.24. The Labute approximate surface area is 172 Å². The van der Waals surface area contributed by atoms with Crippen molar-refractivity contribution in [1.82, 2.24) is 0 Å². The fraction of sp³-hybridized carbons (Fsp3) is 0.300. The van der Waals surface area contributed by atoms with Crippen LogP contribution in [0.1, 0.15) is 24.5 Å². The molecule has 166 valence electrons. The fourth-order valence-corrected chi connectivity index (χ4v) is 2.92.